The van der Waals surface area contributed by atoms with Crippen LogP contribution in [-0.2, 0) is 0 Å². The third-order valence-electron chi connectivity index (χ3n) is 1.36. The van der Waals surface area contributed by atoms with Gasteiger partial charge in [0.05, 0.1) is 5.69 Å². The van der Waals surface area contributed by atoms with E-state index in [0.29, 0.717) is 5.69 Å². The van der Waals surface area contributed by atoms with Gasteiger partial charge in [0.15, 0.2) is 6.29 Å². The summed E-state index contributed by atoms with van der Waals surface area (Å²) in [5.74, 6) is 0. The van der Waals surface area contributed by atoms with Crippen LogP contribution in [0, 0.1) is 0 Å². The molecule has 3 nitrogen and oxygen atoms in total. The second-order valence-electron chi connectivity index (χ2n) is 2.29. The average Bonchev–Trinajstić information content (AvgIpc) is 2.33. The Morgan fingerprint density at radius 3 is 2.70 bits per heavy atom. The number of aromatic nitrogens is 1. The summed E-state index contributed by atoms with van der Waals surface area (Å²) in [5.41, 5.74) is 1.56. The summed E-state index contributed by atoms with van der Waals surface area (Å²) in [5, 5.41) is 0. The van der Waals surface area contributed by atoms with Gasteiger partial charge in [-0.2, -0.15) is 0 Å². The Morgan fingerprint density at radius 2 is 2.30 bits per heavy atom. The second kappa shape index (κ2) is 2.56. The zero-order valence-electron chi connectivity index (χ0n) is 6.09. The molecule has 1 N–H and O–H groups in total. The molecule has 0 unspecified atom stereocenters. The van der Waals surface area contributed by atoms with Gasteiger partial charge in [-0.15, -0.1) is 0 Å². The Morgan fingerprint density at radius 1 is 1.60 bits per heavy atom. The van der Waals surface area contributed by atoms with Gasteiger partial charge in [-0.3, -0.25) is 4.79 Å². The Kier molecular flexibility index (Phi) is 1.76. The van der Waals surface area contributed by atoms with E-state index in [2.05, 4.69) is 4.98 Å². The number of carbonyl (C=O) groups is 1. The van der Waals surface area contributed by atoms with Crippen LogP contribution in [0.4, 0.5) is 5.69 Å². The molecular formula is C7H10N2O. The predicted molar refractivity (Wildman–Crippen MR) is 40.5 cm³/mol. The quantitative estimate of drug-likeness (QED) is 0.616. The van der Waals surface area contributed by atoms with Crippen LogP contribution < -0.4 is 4.90 Å². The maximum absolute atomic E-state index is 10.3. The van der Waals surface area contributed by atoms with Gasteiger partial charge in [-0.1, -0.05) is 0 Å². The zero-order chi connectivity index (χ0) is 7.56. The molecule has 0 aliphatic carbocycles. The third-order valence-corrected chi connectivity index (χ3v) is 1.36. The highest BCUT2D eigenvalue weighted by Crippen LogP contribution is 2.13. The van der Waals surface area contributed by atoms with E-state index in [0.717, 1.165) is 12.0 Å². The van der Waals surface area contributed by atoms with Crippen molar-refractivity contribution >= 4 is 12.0 Å². The molecule has 0 saturated carbocycles. The van der Waals surface area contributed by atoms with Crippen LogP contribution in [0.3, 0.4) is 0 Å². The summed E-state index contributed by atoms with van der Waals surface area (Å²) in [6, 6.07) is 1.86. The highest BCUT2D eigenvalue weighted by atomic mass is 16.1. The molecule has 0 saturated heterocycles. The molecule has 0 atom stereocenters. The predicted octanol–water partition coefficient (Wildman–Crippen LogP) is 0.893. The van der Waals surface area contributed by atoms with E-state index >= 15 is 0 Å². The molecule has 0 aliphatic heterocycles. The minimum absolute atomic E-state index is 0.630. The molecule has 0 spiro atoms. The zero-order valence-corrected chi connectivity index (χ0v) is 6.09. The van der Waals surface area contributed by atoms with Gasteiger partial charge < -0.3 is 9.88 Å². The monoisotopic (exact) mass is 138 g/mol. The number of H-pyrrole nitrogens is 1. The fraction of sp³-hybridized carbons (Fsp3) is 0.286. The SMILES string of the molecule is CN(C)c1cc[nH]c1C=O. The first-order valence-electron chi connectivity index (χ1n) is 3.05. The molecule has 1 aromatic heterocycles. The van der Waals surface area contributed by atoms with Crippen LogP contribution in [0.5, 0.6) is 0 Å². The molecule has 0 bridgehead atoms. The smallest absolute Gasteiger partial charge is 0.168 e. The van der Waals surface area contributed by atoms with Crippen molar-refractivity contribution in [2.75, 3.05) is 19.0 Å². The number of aldehydes is 1. The van der Waals surface area contributed by atoms with Crippen molar-refractivity contribution < 1.29 is 4.79 Å². The average molecular weight is 138 g/mol. The first-order chi connectivity index (χ1) is 4.75. The van der Waals surface area contributed by atoms with Gasteiger partial charge in [0.1, 0.15) is 5.69 Å². The molecule has 0 fully saturated rings. The molecule has 54 valence electrons. The van der Waals surface area contributed by atoms with Crippen molar-refractivity contribution in [3.63, 3.8) is 0 Å². The summed E-state index contributed by atoms with van der Waals surface area (Å²) in [6.07, 6.45) is 2.56. The maximum Gasteiger partial charge on any atom is 0.168 e. The largest absolute Gasteiger partial charge is 0.376 e. The first-order valence-corrected chi connectivity index (χ1v) is 3.05. The molecule has 1 rings (SSSR count). The summed E-state index contributed by atoms with van der Waals surface area (Å²) in [6.45, 7) is 0. The molecule has 0 aromatic carbocycles. The summed E-state index contributed by atoms with van der Waals surface area (Å²) < 4.78 is 0. The maximum atomic E-state index is 10.3. The Bertz CT molecular complexity index is 227. The van der Waals surface area contributed by atoms with Gasteiger partial charge in [-0.25, -0.2) is 0 Å². The van der Waals surface area contributed by atoms with Crippen LogP contribution in [0.2, 0.25) is 0 Å². The van der Waals surface area contributed by atoms with Crippen LogP contribution in [0.15, 0.2) is 12.3 Å². The lowest BCUT2D eigenvalue weighted by molar-refractivity contribution is 0.112. The molecule has 1 aromatic rings. The second-order valence-corrected chi connectivity index (χ2v) is 2.29. The molecule has 10 heavy (non-hydrogen) atoms. The number of carbonyl (C=O) groups excluding carboxylic acids is 1. The van der Waals surface area contributed by atoms with Gasteiger partial charge in [0.25, 0.3) is 0 Å². The number of hydrogen-bond donors (Lipinski definition) is 1. The minimum Gasteiger partial charge on any atom is -0.376 e. The summed E-state index contributed by atoms with van der Waals surface area (Å²) >= 11 is 0. The third kappa shape index (κ3) is 1.03. The molecular weight excluding hydrogens is 128 g/mol. The number of rotatable bonds is 2. The van der Waals surface area contributed by atoms with Crippen LogP contribution in [0.1, 0.15) is 10.5 Å². The van der Waals surface area contributed by atoms with Gasteiger partial charge >= 0.3 is 0 Å². The Balaban J connectivity index is 3.01. The number of nitrogens with zero attached hydrogens (tertiary/aromatic N) is 1. The highest BCUT2D eigenvalue weighted by molar-refractivity contribution is 5.81. The number of hydrogen-bond acceptors (Lipinski definition) is 2. The summed E-state index contributed by atoms with van der Waals surface area (Å²) in [4.78, 5) is 15.1. The van der Waals surface area contributed by atoms with Gasteiger partial charge in [-0.05, 0) is 6.07 Å². The van der Waals surface area contributed by atoms with E-state index in [4.69, 9.17) is 0 Å². The van der Waals surface area contributed by atoms with Crippen molar-refractivity contribution in [2.45, 2.75) is 0 Å². The van der Waals surface area contributed by atoms with E-state index in [1.165, 1.54) is 0 Å². The lowest BCUT2D eigenvalue weighted by atomic mass is 10.4. The lowest BCUT2D eigenvalue weighted by Gasteiger charge is -2.09. The van der Waals surface area contributed by atoms with Crippen molar-refractivity contribution in [2.24, 2.45) is 0 Å². The first kappa shape index (κ1) is 6.86. The van der Waals surface area contributed by atoms with E-state index in [1.54, 1.807) is 6.20 Å². The lowest BCUT2D eigenvalue weighted by Crippen LogP contribution is -2.09. The molecule has 0 amide bonds. The van der Waals surface area contributed by atoms with Crippen LogP contribution in [0.25, 0.3) is 0 Å². The Hall–Kier alpha value is -1.25. The van der Waals surface area contributed by atoms with E-state index in [9.17, 15) is 4.79 Å². The van der Waals surface area contributed by atoms with Crippen LogP contribution >= 0.6 is 0 Å². The number of anilines is 1. The van der Waals surface area contributed by atoms with Gasteiger partial charge in [0.2, 0.25) is 0 Å². The normalized spacial score (nSPS) is 9.40. The minimum atomic E-state index is 0.630. The van der Waals surface area contributed by atoms with Gasteiger partial charge in [0, 0.05) is 20.3 Å². The Labute approximate surface area is 59.7 Å². The van der Waals surface area contributed by atoms with Crippen molar-refractivity contribution in [3.05, 3.63) is 18.0 Å². The van der Waals surface area contributed by atoms with E-state index < -0.39 is 0 Å². The van der Waals surface area contributed by atoms with E-state index in [1.807, 2.05) is 25.1 Å². The number of aromatic amines is 1. The summed E-state index contributed by atoms with van der Waals surface area (Å²) in [7, 11) is 3.80. The van der Waals surface area contributed by atoms with Crippen LogP contribution in [-0.4, -0.2) is 25.4 Å². The fourth-order valence-corrected chi connectivity index (χ4v) is 0.858. The number of nitrogens with one attached hydrogen (secondary N) is 1. The molecule has 3 heteroatoms. The van der Waals surface area contributed by atoms with Crippen molar-refractivity contribution in [1.82, 2.24) is 4.98 Å². The highest BCUT2D eigenvalue weighted by Gasteiger charge is 2.01. The topological polar surface area (TPSA) is 36.1 Å². The molecule has 1 heterocycles. The van der Waals surface area contributed by atoms with E-state index in [-0.39, 0.29) is 0 Å². The van der Waals surface area contributed by atoms with Crippen molar-refractivity contribution in [1.29, 1.82) is 0 Å². The standard InChI is InChI=1S/C7H10N2O/c1-9(2)7-3-4-8-6(7)5-10/h3-5,8H,1-2H3. The molecule has 0 radical (unpaired) electrons. The fourth-order valence-electron chi connectivity index (χ4n) is 0.858. The van der Waals surface area contributed by atoms with Crippen molar-refractivity contribution in [3.8, 4) is 0 Å². The molecule has 0 aliphatic rings.